The summed E-state index contributed by atoms with van der Waals surface area (Å²) in [6, 6.07) is 0. The van der Waals surface area contributed by atoms with Crippen LogP contribution in [0.3, 0.4) is 0 Å². The van der Waals surface area contributed by atoms with Gasteiger partial charge in [0.15, 0.2) is 0 Å². The van der Waals surface area contributed by atoms with E-state index in [2.05, 4.69) is 0 Å². The van der Waals surface area contributed by atoms with Gasteiger partial charge in [-0.1, -0.05) is 0 Å². The highest BCUT2D eigenvalue weighted by molar-refractivity contribution is 4.17. The molecule has 0 rings (SSSR count). The summed E-state index contributed by atoms with van der Waals surface area (Å²) in [6.45, 7) is 4.33. The molecule has 0 unspecified atom stereocenters. The molecule has 0 aliphatic rings. The Labute approximate surface area is 62.3 Å². The van der Waals surface area contributed by atoms with Crippen molar-refractivity contribution < 1.29 is 15.3 Å². The lowest BCUT2D eigenvalue weighted by atomic mass is 10.8. The molecule has 0 heterocycles. The van der Waals surface area contributed by atoms with Crippen LogP contribution in [0.2, 0.25) is 0 Å². The third kappa shape index (κ3) is 520. The molecule has 0 aromatic heterocycles. The van der Waals surface area contributed by atoms with Crippen molar-refractivity contribution in [3.05, 3.63) is 0 Å². The zero-order chi connectivity index (χ0) is 8.83. The largest absolute Gasteiger partial charge is 0.397 e. The second-order valence-electron chi connectivity index (χ2n) is 1.14. The minimum atomic E-state index is 0.0972. The van der Waals surface area contributed by atoms with Crippen LogP contribution in [0.15, 0.2) is 0 Å². The SMILES string of the molecule is CCO.CCO.NCCO. The summed E-state index contributed by atoms with van der Waals surface area (Å²) in [5.74, 6) is 0. The van der Waals surface area contributed by atoms with Crippen LogP contribution >= 0.6 is 0 Å². The molecule has 0 saturated heterocycles. The van der Waals surface area contributed by atoms with E-state index in [9.17, 15) is 0 Å². The first-order chi connectivity index (χ1) is 4.74. The van der Waals surface area contributed by atoms with Gasteiger partial charge in [0, 0.05) is 19.8 Å². The lowest BCUT2D eigenvalue weighted by Gasteiger charge is -1.71. The van der Waals surface area contributed by atoms with Gasteiger partial charge < -0.3 is 21.1 Å². The van der Waals surface area contributed by atoms with Gasteiger partial charge in [0.2, 0.25) is 0 Å². The maximum atomic E-state index is 7.75. The van der Waals surface area contributed by atoms with Gasteiger partial charge in [-0.05, 0) is 13.8 Å². The topological polar surface area (TPSA) is 86.7 Å². The van der Waals surface area contributed by atoms with Gasteiger partial charge in [-0.3, -0.25) is 0 Å². The molecule has 0 saturated carbocycles. The average molecular weight is 153 g/mol. The molecule has 5 N–H and O–H groups in total. The minimum Gasteiger partial charge on any atom is -0.397 e. The van der Waals surface area contributed by atoms with E-state index in [1.54, 1.807) is 13.8 Å². The summed E-state index contributed by atoms with van der Waals surface area (Å²) >= 11 is 0. The number of hydrogen-bond acceptors (Lipinski definition) is 4. The molecule has 0 aromatic rings. The second-order valence-corrected chi connectivity index (χ2v) is 1.14. The molecule has 0 fully saturated rings. The van der Waals surface area contributed by atoms with Gasteiger partial charge in [-0.25, -0.2) is 0 Å². The molecular formula is C6H19NO3. The quantitative estimate of drug-likeness (QED) is 0.386. The van der Waals surface area contributed by atoms with Gasteiger partial charge >= 0.3 is 0 Å². The van der Waals surface area contributed by atoms with Crippen molar-refractivity contribution in [2.75, 3.05) is 26.4 Å². The zero-order valence-corrected chi connectivity index (χ0v) is 6.75. The van der Waals surface area contributed by atoms with Gasteiger partial charge in [0.1, 0.15) is 0 Å². The first kappa shape index (κ1) is 16.4. The van der Waals surface area contributed by atoms with Gasteiger partial charge in [-0.15, -0.1) is 0 Å². The van der Waals surface area contributed by atoms with Crippen LogP contribution in [0.25, 0.3) is 0 Å². The first-order valence-corrected chi connectivity index (χ1v) is 3.27. The Hall–Kier alpha value is -0.160. The summed E-state index contributed by atoms with van der Waals surface area (Å²) in [7, 11) is 0. The summed E-state index contributed by atoms with van der Waals surface area (Å²) in [4.78, 5) is 0. The number of rotatable bonds is 1. The molecular weight excluding hydrogens is 134 g/mol. The number of aliphatic hydroxyl groups excluding tert-OH is 3. The van der Waals surface area contributed by atoms with Crippen LogP contribution in [-0.2, 0) is 0 Å². The van der Waals surface area contributed by atoms with Crippen molar-refractivity contribution in [2.45, 2.75) is 13.8 Å². The molecule has 0 atom stereocenters. The predicted octanol–water partition coefficient (Wildman–Crippen LogP) is -1.07. The van der Waals surface area contributed by atoms with Crippen LogP contribution in [-0.4, -0.2) is 41.7 Å². The van der Waals surface area contributed by atoms with Crippen LogP contribution in [0, 0.1) is 0 Å². The summed E-state index contributed by atoms with van der Waals surface area (Å²) in [5, 5.41) is 22.9. The highest BCUT2D eigenvalue weighted by Crippen LogP contribution is 1.33. The Morgan fingerprint density at radius 3 is 1.10 bits per heavy atom. The average Bonchev–Trinajstić information content (AvgIpc) is 1.91. The second kappa shape index (κ2) is 36.8. The normalized spacial score (nSPS) is 6.60. The Morgan fingerprint density at radius 1 is 1.00 bits per heavy atom. The molecule has 0 radical (unpaired) electrons. The Morgan fingerprint density at radius 2 is 1.10 bits per heavy atom. The van der Waals surface area contributed by atoms with Crippen LogP contribution in [0.5, 0.6) is 0 Å². The summed E-state index contributed by atoms with van der Waals surface area (Å²) in [5.41, 5.74) is 4.78. The van der Waals surface area contributed by atoms with Crippen molar-refractivity contribution in [3.8, 4) is 0 Å². The molecule has 0 aliphatic heterocycles. The number of hydrogen-bond donors (Lipinski definition) is 4. The zero-order valence-electron chi connectivity index (χ0n) is 6.75. The Kier molecular flexibility index (Phi) is 60.6. The van der Waals surface area contributed by atoms with E-state index >= 15 is 0 Å². The van der Waals surface area contributed by atoms with E-state index in [0.717, 1.165) is 0 Å². The molecule has 0 aromatic carbocycles. The predicted molar refractivity (Wildman–Crippen MR) is 41.7 cm³/mol. The molecule has 10 heavy (non-hydrogen) atoms. The molecule has 4 nitrogen and oxygen atoms in total. The van der Waals surface area contributed by atoms with E-state index in [0.29, 0.717) is 6.54 Å². The van der Waals surface area contributed by atoms with Crippen molar-refractivity contribution in [1.82, 2.24) is 0 Å². The summed E-state index contributed by atoms with van der Waals surface area (Å²) in [6.07, 6.45) is 0. The highest BCUT2D eigenvalue weighted by atomic mass is 16.3. The maximum absolute atomic E-state index is 7.75. The van der Waals surface area contributed by atoms with Crippen molar-refractivity contribution >= 4 is 0 Å². The molecule has 0 amide bonds. The maximum Gasteiger partial charge on any atom is 0.0553 e. The van der Waals surface area contributed by atoms with E-state index in [1.165, 1.54) is 0 Å². The Balaban J connectivity index is -0.0000000750. The van der Waals surface area contributed by atoms with E-state index in [1.807, 2.05) is 0 Å². The lowest BCUT2D eigenvalue weighted by Crippen LogP contribution is -2.02. The van der Waals surface area contributed by atoms with Gasteiger partial charge in [-0.2, -0.15) is 0 Å². The molecule has 66 valence electrons. The van der Waals surface area contributed by atoms with E-state index in [4.69, 9.17) is 21.1 Å². The summed E-state index contributed by atoms with van der Waals surface area (Å²) < 4.78 is 0. The Bertz CT molecular complexity index is 25.0. The third-order valence-electron chi connectivity index (χ3n) is 0.129. The first-order valence-electron chi connectivity index (χ1n) is 3.27. The molecule has 0 bridgehead atoms. The van der Waals surface area contributed by atoms with Gasteiger partial charge in [0.25, 0.3) is 0 Å². The molecule has 0 aliphatic carbocycles. The van der Waals surface area contributed by atoms with Crippen LogP contribution in [0.1, 0.15) is 13.8 Å². The monoisotopic (exact) mass is 153 g/mol. The third-order valence-corrected chi connectivity index (χ3v) is 0.129. The standard InChI is InChI=1S/C2H7NO.2C2H6O/c3-1-2-4;2*1-2-3/h4H,1-3H2;2*3H,2H2,1H3. The van der Waals surface area contributed by atoms with Crippen molar-refractivity contribution in [1.29, 1.82) is 0 Å². The molecule has 0 spiro atoms. The smallest absolute Gasteiger partial charge is 0.0553 e. The van der Waals surface area contributed by atoms with Crippen LogP contribution < -0.4 is 5.73 Å². The number of aliphatic hydroxyl groups is 3. The van der Waals surface area contributed by atoms with E-state index < -0.39 is 0 Å². The van der Waals surface area contributed by atoms with E-state index in [-0.39, 0.29) is 19.8 Å². The fourth-order valence-electron chi connectivity index (χ4n) is 0. The van der Waals surface area contributed by atoms with Crippen molar-refractivity contribution in [2.24, 2.45) is 5.73 Å². The van der Waals surface area contributed by atoms with Crippen molar-refractivity contribution in [3.63, 3.8) is 0 Å². The number of nitrogens with two attached hydrogens (primary N) is 1. The molecule has 4 heteroatoms. The minimum absolute atomic E-state index is 0.0972. The highest BCUT2D eigenvalue weighted by Gasteiger charge is 1.56. The van der Waals surface area contributed by atoms with Gasteiger partial charge in [0.05, 0.1) is 6.61 Å². The lowest BCUT2D eigenvalue weighted by molar-refractivity contribution is 0.306. The fourth-order valence-corrected chi connectivity index (χ4v) is 0. The van der Waals surface area contributed by atoms with Crippen LogP contribution in [0.4, 0.5) is 0 Å². The fraction of sp³-hybridized carbons (Fsp3) is 1.00.